The lowest BCUT2D eigenvalue weighted by atomic mass is 10.1. The zero-order valence-corrected chi connectivity index (χ0v) is 16.5. The Morgan fingerprint density at radius 1 is 0.967 bits per heavy atom. The lowest BCUT2D eigenvalue weighted by Gasteiger charge is -2.12. The van der Waals surface area contributed by atoms with Gasteiger partial charge in [-0.1, -0.05) is 42.5 Å². The number of nitrogens with zero attached hydrogens (tertiary/aromatic N) is 1. The Hall–Kier alpha value is -3.38. The van der Waals surface area contributed by atoms with Gasteiger partial charge in [-0.3, -0.25) is 4.98 Å². The topological polar surface area (TPSA) is 52.6 Å². The molecule has 0 bridgehead atoms. The quantitative estimate of drug-likeness (QED) is 0.534. The standard InChI is InChI=1S/C24H23FN2O3/c25-22-8-6-20(7-9-22)21-12-19(15-27-16-21)14-26-10-11-28-24-17-29-23(30-24)13-18-4-2-1-3-5-18/h1-9,12,15-17,23,26H,10-11,13-14H2. The summed E-state index contributed by atoms with van der Waals surface area (Å²) in [6.07, 6.45) is 5.42. The molecule has 1 aliphatic heterocycles. The third-order valence-electron chi connectivity index (χ3n) is 4.63. The first kappa shape index (κ1) is 19.9. The van der Waals surface area contributed by atoms with Crippen LogP contribution >= 0.6 is 0 Å². The van der Waals surface area contributed by atoms with Crippen molar-refractivity contribution < 1.29 is 18.6 Å². The smallest absolute Gasteiger partial charge is 0.318 e. The molecule has 154 valence electrons. The molecule has 3 aromatic rings. The molecule has 1 unspecified atom stereocenters. The monoisotopic (exact) mass is 406 g/mol. The Balaban J connectivity index is 1.16. The van der Waals surface area contributed by atoms with Crippen molar-refractivity contribution in [3.8, 4) is 11.1 Å². The second-order valence-electron chi connectivity index (χ2n) is 6.92. The van der Waals surface area contributed by atoms with E-state index in [1.807, 2.05) is 42.6 Å². The Morgan fingerprint density at radius 2 is 1.80 bits per heavy atom. The average molecular weight is 406 g/mol. The summed E-state index contributed by atoms with van der Waals surface area (Å²) in [5, 5.41) is 3.32. The van der Waals surface area contributed by atoms with E-state index in [0.29, 0.717) is 32.1 Å². The molecule has 0 saturated heterocycles. The highest BCUT2D eigenvalue weighted by Crippen LogP contribution is 2.20. The average Bonchev–Trinajstić information content (AvgIpc) is 3.22. The summed E-state index contributed by atoms with van der Waals surface area (Å²) in [6.45, 7) is 1.75. The zero-order chi connectivity index (χ0) is 20.6. The Kier molecular flexibility index (Phi) is 6.57. The normalized spacial score (nSPS) is 15.2. The van der Waals surface area contributed by atoms with Gasteiger partial charge in [0.05, 0.1) is 0 Å². The van der Waals surface area contributed by atoms with Gasteiger partial charge in [-0.25, -0.2) is 4.39 Å². The van der Waals surface area contributed by atoms with E-state index in [1.165, 1.54) is 18.4 Å². The van der Waals surface area contributed by atoms with E-state index < -0.39 is 0 Å². The molecule has 5 nitrogen and oxygen atoms in total. The van der Waals surface area contributed by atoms with Crippen LogP contribution in [0.3, 0.4) is 0 Å². The lowest BCUT2D eigenvalue weighted by Crippen LogP contribution is -2.20. The van der Waals surface area contributed by atoms with Crippen molar-refractivity contribution in [1.82, 2.24) is 10.3 Å². The molecule has 0 aliphatic carbocycles. The van der Waals surface area contributed by atoms with Crippen LogP contribution in [0, 0.1) is 5.82 Å². The third kappa shape index (κ3) is 5.58. The van der Waals surface area contributed by atoms with Crippen molar-refractivity contribution in [2.45, 2.75) is 19.3 Å². The number of rotatable bonds is 9. The summed E-state index contributed by atoms with van der Waals surface area (Å²) < 4.78 is 29.9. The Labute approximate surface area is 175 Å². The zero-order valence-electron chi connectivity index (χ0n) is 16.5. The van der Waals surface area contributed by atoms with Crippen molar-refractivity contribution in [3.05, 3.63) is 102 Å². The van der Waals surface area contributed by atoms with Gasteiger partial charge in [-0.05, 0) is 34.9 Å². The molecule has 0 fully saturated rings. The molecular formula is C24H23FN2O3. The van der Waals surface area contributed by atoms with Gasteiger partial charge in [-0.15, -0.1) is 0 Å². The first-order valence-electron chi connectivity index (χ1n) is 9.86. The van der Waals surface area contributed by atoms with Crippen molar-refractivity contribution in [2.24, 2.45) is 0 Å². The third-order valence-corrected chi connectivity index (χ3v) is 4.63. The SMILES string of the molecule is Fc1ccc(-c2cncc(CNCCOC3=COC(Cc4ccccc4)O3)c2)cc1. The van der Waals surface area contributed by atoms with Crippen LogP contribution in [-0.4, -0.2) is 24.4 Å². The van der Waals surface area contributed by atoms with E-state index >= 15 is 0 Å². The van der Waals surface area contributed by atoms with Gasteiger partial charge in [0.25, 0.3) is 0 Å². The number of ether oxygens (including phenoxy) is 3. The van der Waals surface area contributed by atoms with Crippen LogP contribution in [0.1, 0.15) is 11.1 Å². The van der Waals surface area contributed by atoms with Gasteiger partial charge < -0.3 is 19.5 Å². The summed E-state index contributed by atoms with van der Waals surface area (Å²) in [7, 11) is 0. The molecule has 1 N–H and O–H groups in total. The molecule has 2 aromatic carbocycles. The summed E-state index contributed by atoms with van der Waals surface area (Å²) >= 11 is 0. The number of pyridine rings is 1. The van der Waals surface area contributed by atoms with Gasteiger partial charge in [0.2, 0.25) is 6.29 Å². The summed E-state index contributed by atoms with van der Waals surface area (Å²) in [6, 6.07) is 18.5. The fourth-order valence-electron chi connectivity index (χ4n) is 3.12. The molecule has 2 heterocycles. The second kappa shape index (κ2) is 9.89. The molecule has 0 amide bonds. The number of halogens is 1. The van der Waals surface area contributed by atoms with Crippen LogP contribution in [0.15, 0.2) is 85.3 Å². The molecule has 1 aliphatic rings. The molecular weight excluding hydrogens is 383 g/mol. The minimum atomic E-state index is -0.351. The number of hydrogen-bond acceptors (Lipinski definition) is 5. The number of nitrogens with one attached hydrogen (secondary N) is 1. The highest BCUT2D eigenvalue weighted by Gasteiger charge is 2.20. The highest BCUT2D eigenvalue weighted by atomic mass is 19.1. The van der Waals surface area contributed by atoms with Crippen LogP contribution in [-0.2, 0) is 27.2 Å². The van der Waals surface area contributed by atoms with Gasteiger partial charge in [-0.2, -0.15) is 0 Å². The largest absolute Gasteiger partial charge is 0.462 e. The van der Waals surface area contributed by atoms with Crippen LogP contribution in [0.2, 0.25) is 0 Å². The fraction of sp³-hybridized carbons (Fsp3) is 0.208. The summed E-state index contributed by atoms with van der Waals surface area (Å²) in [5.74, 6) is 0.153. The van der Waals surface area contributed by atoms with Crippen LogP contribution in [0.4, 0.5) is 4.39 Å². The minimum absolute atomic E-state index is 0.248. The van der Waals surface area contributed by atoms with Gasteiger partial charge >= 0.3 is 5.95 Å². The van der Waals surface area contributed by atoms with Gasteiger partial charge in [0.15, 0.2) is 6.26 Å². The highest BCUT2D eigenvalue weighted by molar-refractivity contribution is 5.62. The fourth-order valence-corrected chi connectivity index (χ4v) is 3.12. The van der Waals surface area contributed by atoms with Crippen molar-refractivity contribution in [2.75, 3.05) is 13.2 Å². The molecule has 0 spiro atoms. The number of benzene rings is 2. The van der Waals surface area contributed by atoms with E-state index in [9.17, 15) is 4.39 Å². The van der Waals surface area contributed by atoms with Crippen LogP contribution in [0.5, 0.6) is 0 Å². The molecule has 0 saturated carbocycles. The van der Waals surface area contributed by atoms with Gasteiger partial charge in [0, 0.05) is 37.5 Å². The van der Waals surface area contributed by atoms with Crippen molar-refractivity contribution in [3.63, 3.8) is 0 Å². The van der Waals surface area contributed by atoms with Gasteiger partial charge in [0.1, 0.15) is 12.4 Å². The van der Waals surface area contributed by atoms with E-state index in [-0.39, 0.29) is 12.1 Å². The second-order valence-corrected chi connectivity index (χ2v) is 6.92. The predicted molar refractivity (Wildman–Crippen MR) is 111 cm³/mol. The maximum absolute atomic E-state index is 13.1. The molecule has 6 heteroatoms. The summed E-state index contributed by atoms with van der Waals surface area (Å²) in [5.41, 5.74) is 4.08. The van der Waals surface area contributed by atoms with E-state index in [0.717, 1.165) is 22.3 Å². The van der Waals surface area contributed by atoms with Crippen molar-refractivity contribution >= 4 is 0 Å². The minimum Gasteiger partial charge on any atom is -0.462 e. The first-order valence-corrected chi connectivity index (χ1v) is 9.86. The van der Waals surface area contributed by atoms with Crippen LogP contribution < -0.4 is 5.32 Å². The van der Waals surface area contributed by atoms with Crippen molar-refractivity contribution in [1.29, 1.82) is 0 Å². The number of aromatic nitrogens is 1. The molecule has 1 atom stereocenters. The predicted octanol–water partition coefficient (Wildman–Crippen LogP) is 4.41. The molecule has 30 heavy (non-hydrogen) atoms. The number of hydrogen-bond donors (Lipinski definition) is 1. The van der Waals surface area contributed by atoms with E-state index in [4.69, 9.17) is 14.2 Å². The molecule has 4 rings (SSSR count). The maximum Gasteiger partial charge on any atom is 0.318 e. The Bertz CT molecular complexity index is 977. The van der Waals surface area contributed by atoms with Crippen LogP contribution in [0.25, 0.3) is 11.1 Å². The summed E-state index contributed by atoms with van der Waals surface area (Å²) in [4.78, 5) is 4.28. The maximum atomic E-state index is 13.1. The lowest BCUT2D eigenvalue weighted by molar-refractivity contribution is -0.0693. The van der Waals surface area contributed by atoms with E-state index in [2.05, 4.69) is 10.3 Å². The molecule has 1 aromatic heterocycles. The Morgan fingerprint density at radius 3 is 2.63 bits per heavy atom. The molecule has 0 radical (unpaired) electrons. The van der Waals surface area contributed by atoms with E-state index in [1.54, 1.807) is 18.3 Å². The first-order chi connectivity index (χ1) is 14.8.